The second-order valence-electron chi connectivity index (χ2n) is 3.79. The lowest BCUT2D eigenvalue weighted by atomic mass is 10.4. The summed E-state index contributed by atoms with van der Waals surface area (Å²) in [5.41, 5.74) is 0.748. The number of hydrogen-bond donors (Lipinski definition) is 2. The number of halogens is 1. The van der Waals surface area contributed by atoms with Crippen molar-refractivity contribution < 1.29 is 4.79 Å². The molecule has 0 bridgehead atoms. The molecule has 6 nitrogen and oxygen atoms in total. The maximum absolute atomic E-state index is 11.8. The number of rotatable bonds is 2. The van der Waals surface area contributed by atoms with Crippen molar-refractivity contribution in [2.45, 2.75) is 0 Å². The molecule has 3 heterocycles. The zero-order valence-electron chi connectivity index (χ0n) is 10.0. The van der Waals surface area contributed by atoms with Gasteiger partial charge in [-0.05, 0) is 24.3 Å². The molecule has 0 fully saturated rings. The van der Waals surface area contributed by atoms with Crippen LogP contribution in [0.2, 0.25) is 5.02 Å². The first kappa shape index (κ1) is 12.8. The molecule has 0 spiro atoms. The Bertz CT molecular complexity index is 725. The van der Waals surface area contributed by atoms with E-state index in [0.29, 0.717) is 16.0 Å². The molecule has 0 aromatic carbocycles. The van der Waals surface area contributed by atoms with Gasteiger partial charge in [0.1, 0.15) is 16.2 Å². The molecular formula is C12H8ClN5OS. The lowest BCUT2D eigenvalue weighted by Gasteiger charge is -2.03. The molecule has 0 radical (unpaired) electrons. The molecule has 3 rings (SSSR count). The van der Waals surface area contributed by atoms with Crippen LogP contribution in [-0.4, -0.2) is 21.0 Å². The molecule has 20 heavy (non-hydrogen) atoms. The highest BCUT2D eigenvalue weighted by Crippen LogP contribution is 2.23. The van der Waals surface area contributed by atoms with E-state index < -0.39 is 6.03 Å². The second kappa shape index (κ2) is 5.40. The molecular weight excluding hydrogens is 298 g/mol. The van der Waals surface area contributed by atoms with Gasteiger partial charge in [-0.15, -0.1) is 0 Å². The SMILES string of the molecule is O=C(Nc1ccc(Cl)cn1)Nc1nc2cccnc2s1. The molecule has 8 heteroatoms. The number of carbonyl (C=O) groups is 1. The summed E-state index contributed by atoms with van der Waals surface area (Å²) in [5, 5.41) is 6.21. The summed E-state index contributed by atoms with van der Waals surface area (Å²) in [6, 6.07) is 6.47. The lowest BCUT2D eigenvalue weighted by Crippen LogP contribution is -2.19. The fourth-order valence-electron chi connectivity index (χ4n) is 1.52. The van der Waals surface area contributed by atoms with Crippen LogP contribution in [0.15, 0.2) is 36.7 Å². The number of carbonyl (C=O) groups excluding carboxylic acids is 1. The van der Waals surface area contributed by atoms with E-state index >= 15 is 0 Å². The number of pyridine rings is 2. The van der Waals surface area contributed by atoms with Crippen molar-refractivity contribution in [1.82, 2.24) is 15.0 Å². The maximum Gasteiger partial charge on any atom is 0.326 e. The van der Waals surface area contributed by atoms with Crippen LogP contribution in [0.4, 0.5) is 15.7 Å². The monoisotopic (exact) mass is 305 g/mol. The van der Waals surface area contributed by atoms with Crippen LogP contribution in [0.1, 0.15) is 0 Å². The summed E-state index contributed by atoms with van der Waals surface area (Å²) in [5.74, 6) is 0.408. The largest absolute Gasteiger partial charge is 0.326 e. The Morgan fingerprint density at radius 3 is 2.85 bits per heavy atom. The van der Waals surface area contributed by atoms with Crippen molar-refractivity contribution in [3.63, 3.8) is 0 Å². The van der Waals surface area contributed by atoms with E-state index in [1.165, 1.54) is 17.5 Å². The fraction of sp³-hybridized carbons (Fsp3) is 0. The Kier molecular flexibility index (Phi) is 3.44. The van der Waals surface area contributed by atoms with Gasteiger partial charge < -0.3 is 0 Å². The minimum Gasteiger partial charge on any atom is -0.292 e. The van der Waals surface area contributed by atoms with Gasteiger partial charge in [-0.2, -0.15) is 0 Å². The summed E-state index contributed by atoms with van der Waals surface area (Å²) in [6.07, 6.45) is 3.14. The normalized spacial score (nSPS) is 10.4. The number of nitrogens with zero attached hydrogens (tertiary/aromatic N) is 3. The first-order valence-electron chi connectivity index (χ1n) is 5.62. The average molecular weight is 306 g/mol. The maximum atomic E-state index is 11.8. The van der Waals surface area contributed by atoms with Gasteiger partial charge in [-0.1, -0.05) is 22.9 Å². The summed E-state index contributed by atoms with van der Waals surface area (Å²) in [4.78, 5) is 24.9. The highest BCUT2D eigenvalue weighted by molar-refractivity contribution is 7.21. The van der Waals surface area contributed by atoms with E-state index in [9.17, 15) is 4.79 Å². The van der Waals surface area contributed by atoms with Gasteiger partial charge in [0, 0.05) is 12.4 Å². The fourth-order valence-corrected chi connectivity index (χ4v) is 2.43. The molecule has 0 saturated carbocycles. The van der Waals surface area contributed by atoms with E-state index in [-0.39, 0.29) is 0 Å². The summed E-state index contributed by atoms with van der Waals surface area (Å²) < 4.78 is 0. The molecule has 0 saturated heterocycles. The number of amides is 2. The van der Waals surface area contributed by atoms with Gasteiger partial charge in [-0.3, -0.25) is 10.6 Å². The van der Waals surface area contributed by atoms with Gasteiger partial charge in [0.15, 0.2) is 5.13 Å². The smallest absolute Gasteiger partial charge is 0.292 e. The van der Waals surface area contributed by atoms with Crippen LogP contribution in [0.25, 0.3) is 10.3 Å². The van der Waals surface area contributed by atoms with Crippen molar-refractivity contribution in [1.29, 1.82) is 0 Å². The van der Waals surface area contributed by atoms with Gasteiger partial charge in [-0.25, -0.2) is 19.7 Å². The summed E-state index contributed by atoms with van der Waals surface area (Å²) >= 11 is 7.02. The van der Waals surface area contributed by atoms with Gasteiger partial charge in [0.05, 0.1) is 5.02 Å². The third kappa shape index (κ3) is 2.84. The van der Waals surface area contributed by atoms with Crippen molar-refractivity contribution in [3.8, 4) is 0 Å². The predicted molar refractivity (Wildman–Crippen MR) is 79.3 cm³/mol. The first-order valence-corrected chi connectivity index (χ1v) is 6.81. The number of fused-ring (bicyclic) bond motifs is 1. The lowest BCUT2D eigenvalue weighted by molar-refractivity contribution is 0.262. The topological polar surface area (TPSA) is 79.8 Å². The van der Waals surface area contributed by atoms with E-state index in [2.05, 4.69) is 25.6 Å². The highest BCUT2D eigenvalue weighted by atomic mass is 35.5. The van der Waals surface area contributed by atoms with Crippen molar-refractivity contribution in [2.24, 2.45) is 0 Å². The Morgan fingerprint density at radius 1 is 1.20 bits per heavy atom. The Balaban J connectivity index is 1.70. The van der Waals surface area contributed by atoms with Crippen LogP contribution in [-0.2, 0) is 0 Å². The number of urea groups is 1. The molecule has 2 N–H and O–H groups in total. The second-order valence-corrected chi connectivity index (χ2v) is 5.20. The molecule has 0 aliphatic carbocycles. The molecule has 100 valence electrons. The van der Waals surface area contributed by atoms with Crippen LogP contribution < -0.4 is 10.6 Å². The Labute approximate surface area is 122 Å². The van der Waals surface area contributed by atoms with Crippen LogP contribution >= 0.6 is 22.9 Å². The standard InChI is InChI=1S/C12H8ClN5OS/c13-7-3-4-9(15-6-7)17-11(19)18-12-16-8-2-1-5-14-10(8)20-12/h1-6H,(H2,15,16,17,18,19). The van der Waals surface area contributed by atoms with E-state index in [1.807, 2.05) is 6.07 Å². The van der Waals surface area contributed by atoms with Crippen LogP contribution in [0, 0.1) is 0 Å². The third-order valence-corrected chi connectivity index (χ3v) is 3.47. The van der Waals surface area contributed by atoms with Gasteiger partial charge >= 0.3 is 6.03 Å². The number of hydrogen-bond acceptors (Lipinski definition) is 5. The Hall–Kier alpha value is -2.25. The van der Waals surface area contributed by atoms with Crippen LogP contribution in [0.5, 0.6) is 0 Å². The molecule has 3 aromatic heterocycles. The first-order chi connectivity index (χ1) is 9.70. The van der Waals surface area contributed by atoms with Gasteiger partial charge in [0.25, 0.3) is 0 Å². The quantitative estimate of drug-likeness (QED) is 0.760. The zero-order chi connectivity index (χ0) is 13.9. The minimum absolute atomic E-state index is 0.408. The minimum atomic E-state index is -0.418. The molecule has 0 atom stereocenters. The van der Waals surface area contributed by atoms with E-state index in [4.69, 9.17) is 11.6 Å². The summed E-state index contributed by atoms with van der Waals surface area (Å²) in [6.45, 7) is 0. The number of nitrogens with one attached hydrogen (secondary N) is 2. The van der Waals surface area contributed by atoms with Crippen molar-refractivity contribution >= 4 is 50.3 Å². The molecule has 3 aromatic rings. The molecule has 2 amide bonds. The van der Waals surface area contributed by atoms with Crippen molar-refractivity contribution in [3.05, 3.63) is 41.7 Å². The van der Waals surface area contributed by atoms with Gasteiger partial charge in [0.2, 0.25) is 0 Å². The number of aromatic nitrogens is 3. The average Bonchev–Trinajstić information content (AvgIpc) is 2.83. The molecule has 0 unspecified atom stereocenters. The van der Waals surface area contributed by atoms with Crippen LogP contribution in [0.3, 0.4) is 0 Å². The molecule has 0 aliphatic heterocycles. The predicted octanol–water partition coefficient (Wildman–Crippen LogP) is 3.38. The summed E-state index contributed by atoms with van der Waals surface area (Å²) in [7, 11) is 0. The van der Waals surface area contributed by atoms with E-state index in [1.54, 1.807) is 24.4 Å². The highest BCUT2D eigenvalue weighted by Gasteiger charge is 2.08. The molecule has 0 aliphatic rings. The van der Waals surface area contributed by atoms with Crippen molar-refractivity contribution in [2.75, 3.05) is 10.6 Å². The third-order valence-electron chi connectivity index (χ3n) is 2.36. The number of thiazole rings is 1. The number of anilines is 2. The zero-order valence-corrected chi connectivity index (χ0v) is 11.6. The van der Waals surface area contributed by atoms with E-state index in [0.717, 1.165) is 10.3 Å². The Morgan fingerprint density at radius 2 is 2.10 bits per heavy atom.